The van der Waals surface area contributed by atoms with Crippen molar-refractivity contribution in [2.75, 3.05) is 0 Å². The van der Waals surface area contributed by atoms with Gasteiger partial charge in [-0.3, -0.25) is 9.59 Å². The molecule has 1 N–H and O–H groups in total. The first-order valence-electron chi connectivity index (χ1n) is 9.30. The highest BCUT2D eigenvalue weighted by molar-refractivity contribution is 5.80. The van der Waals surface area contributed by atoms with E-state index in [1.165, 1.54) is 24.3 Å². The van der Waals surface area contributed by atoms with Crippen LogP contribution in [-0.4, -0.2) is 16.5 Å². The fraction of sp³-hybridized carbons (Fsp3) is 0.273. The van der Waals surface area contributed by atoms with Crippen LogP contribution in [0.5, 0.6) is 0 Å². The summed E-state index contributed by atoms with van der Waals surface area (Å²) in [5.41, 5.74) is -0.427. The molecule has 4 nitrogen and oxygen atoms in total. The molecule has 3 aromatic rings. The lowest BCUT2D eigenvalue weighted by molar-refractivity contribution is -0.143. The lowest BCUT2D eigenvalue weighted by atomic mass is 10.1. The summed E-state index contributed by atoms with van der Waals surface area (Å²) in [5.74, 6) is -0.916. The van der Waals surface area contributed by atoms with Crippen molar-refractivity contribution in [2.45, 2.75) is 39.0 Å². The molecule has 1 heterocycles. The highest BCUT2D eigenvalue weighted by atomic mass is 19.4. The van der Waals surface area contributed by atoms with E-state index in [2.05, 4.69) is 5.32 Å². The Bertz CT molecular complexity index is 1150. The molecule has 0 saturated carbocycles. The second-order valence-electron chi connectivity index (χ2n) is 7.30. The van der Waals surface area contributed by atoms with Crippen molar-refractivity contribution in [3.63, 3.8) is 0 Å². The molecule has 0 aliphatic carbocycles. The number of nitrogens with zero attached hydrogens (tertiary/aromatic N) is 1. The maximum Gasteiger partial charge on any atom is 0.431 e. The largest absolute Gasteiger partial charge is 0.431 e. The molecule has 2 aromatic carbocycles. The third kappa shape index (κ3) is 4.87. The highest BCUT2D eigenvalue weighted by Gasteiger charge is 2.35. The predicted molar refractivity (Wildman–Crippen MR) is 106 cm³/mol. The van der Waals surface area contributed by atoms with E-state index >= 15 is 0 Å². The second-order valence-corrected chi connectivity index (χ2v) is 7.30. The number of alkyl halides is 3. The number of rotatable bonds is 5. The number of pyridine rings is 1. The Kier molecular flexibility index (Phi) is 5.96. The summed E-state index contributed by atoms with van der Waals surface area (Å²) in [6, 6.07) is 10.1. The molecular weight excluding hydrogens is 400 g/mol. The topological polar surface area (TPSA) is 51.1 Å². The maximum absolute atomic E-state index is 13.6. The van der Waals surface area contributed by atoms with E-state index in [1.807, 2.05) is 0 Å². The Hall–Kier alpha value is -3.16. The van der Waals surface area contributed by atoms with Gasteiger partial charge in [0.15, 0.2) is 5.43 Å². The fourth-order valence-electron chi connectivity index (χ4n) is 3.40. The standard InChI is InChI=1S/C22H20F4N2O2/c1-13-6-7-18-17(8-13)19(29)11-20(22(24,25)26)28(18)12-14(2)27-21(30)10-15-4-3-5-16(23)9-15/h3-9,11,14H,10,12H2,1-2H3,(H,27,30)/t14-/m0/s1. The van der Waals surface area contributed by atoms with Gasteiger partial charge in [-0.05, 0) is 43.7 Å². The minimum absolute atomic E-state index is 0.0989. The van der Waals surface area contributed by atoms with Gasteiger partial charge in [0.05, 0.1) is 11.9 Å². The van der Waals surface area contributed by atoms with Crippen molar-refractivity contribution in [2.24, 2.45) is 0 Å². The molecule has 0 unspecified atom stereocenters. The van der Waals surface area contributed by atoms with E-state index in [0.29, 0.717) is 11.6 Å². The normalized spacial score (nSPS) is 12.7. The maximum atomic E-state index is 13.6. The first kappa shape index (κ1) is 21.5. The van der Waals surface area contributed by atoms with Gasteiger partial charge in [0.2, 0.25) is 5.91 Å². The van der Waals surface area contributed by atoms with Gasteiger partial charge in [-0.2, -0.15) is 13.2 Å². The number of carbonyl (C=O) groups excluding carboxylic acids is 1. The van der Waals surface area contributed by atoms with Crippen LogP contribution in [0, 0.1) is 12.7 Å². The second kappa shape index (κ2) is 8.30. The third-order valence-corrected chi connectivity index (χ3v) is 4.67. The van der Waals surface area contributed by atoms with E-state index in [1.54, 1.807) is 32.0 Å². The van der Waals surface area contributed by atoms with Crippen molar-refractivity contribution < 1.29 is 22.4 Å². The molecule has 0 radical (unpaired) electrons. The van der Waals surface area contributed by atoms with Crippen LogP contribution in [0.3, 0.4) is 0 Å². The summed E-state index contributed by atoms with van der Waals surface area (Å²) < 4.78 is 55.0. The minimum Gasteiger partial charge on any atom is -0.352 e. The number of aromatic nitrogens is 1. The van der Waals surface area contributed by atoms with E-state index < -0.39 is 35.1 Å². The van der Waals surface area contributed by atoms with Gasteiger partial charge in [0.25, 0.3) is 0 Å². The molecule has 158 valence electrons. The zero-order chi connectivity index (χ0) is 22.1. The van der Waals surface area contributed by atoms with Crippen LogP contribution in [0.2, 0.25) is 0 Å². The molecule has 0 bridgehead atoms. The number of amides is 1. The zero-order valence-corrected chi connectivity index (χ0v) is 16.4. The highest BCUT2D eigenvalue weighted by Crippen LogP contribution is 2.30. The molecule has 30 heavy (non-hydrogen) atoms. The fourth-order valence-corrected chi connectivity index (χ4v) is 3.40. The predicted octanol–water partition coefficient (Wildman–Crippen LogP) is 4.22. The molecule has 1 aromatic heterocycles. The Morgan fingerprint density at radius 1 is 1.13 bits per heavy atom. The number of carbonyl (C=O) groups is 1. The molecule has 0 fully saturated rings. The SMILES string of the molecule is Cc1ccc2c(c1)c(=O)cc(C(F)(F)F)n2C[C@H](C)NC(=O)Cc1cccc(F)c1. The van der Waals surface area contributed by atoms with Gasteiger partial charge in [0, 0.05) is 24.0 Å². The molecule has 1 atom stereocenters. The number of hydrogen-bond donors (Lipinski definition) is 1. The van der Waals surface area contributed by atoms with Crippen molar-refractivity contribution in [1.82, 2.24) is 9.88 Å². The van der Waals surface area contributed by atoms with Crippen molar-refractivity contribution in [3.8, 4) is 0 Å². The van der Waals surface area contributed by atoms with Crippen molar-refractivity contribution >= 4 is 16.8 Å². The van der Waals surface area contributed by atoms with Crippen LogP contribution in [0.25, 0.3) is 10.9 Å². The van der Waals surface area contributed by atoms with Gasteiger partial charge in [-0.1, -0.05) is 23.8 Å². The van der Waals surface area contributed by atoms with Crippen LogP contribution in [0.15, 0.2) is 53.3 Å². The number of halogens is 4. The van der Waals surface area contributed by atoms with Gasteiger partial charge in [0.1, 0.15) is 11.5 Å². The van der Waals surface area contributed by atoms with Crippen LogP contribution < -0.4 is 10.7 Å². The summed E-state index contributed by atoms with van der Waals surface area (Å²) >= 11 is 0. The number of benzene rings is 2. The summed E-state index contributed by atoms with van der Waals surface area (Å²) in [6.45, 7) is 3.13. The summed E-state index contributed by atoms with van der Waals surface area (Å²) in [4.78, 5) is 24.5. The zero-order valence-electron chi connectivity index (χ0n) is 16.4. The van der Waals surface area contributed by atoms with E-state index in [-0.39, 0.29) is 23.9 Å². The quantitative estimate of drug-likeness (QED) is 0.629. The van der Waals surface area contributed by atoms with Crippen LogP contribution in [0.4, 0.5) is 17.6 Å². The Labute approximate surface area is 170 Å². The van der Waals surface area contributed by atoms with E-state index in [0.717, 1.165) is 10.1 Å². The first-order chi connectivity index (χ1) is 14.0. The van der Waals surface area contributed by atoms with Gasteiger partial charge in [-0.25, -0.2) is 4.39 Å². The molecule has 0 saturated heterocycles. The molecule has 0 aliphatic rings. The Balaban J connectivity index is 1.89. The van der Waals surface area contributed by atoms with Gasteiger partial charge in [-0.15, -0.1) is 0 Å². The average Bonchev–Trinajstić information content (AvgIpc) is 2.62. The molecule has 3 rings (SSSR count). The molecule has 8 heteroatoms. The monoisotopic (exact) mass is 420 g/mol. The lowest BCUT2D eigenvalue weighted by Gasteiger charge is -2.22. The third-order valence-electron chi connectivity index (χ3n) is 4.67. The van der Waals surface area contributed by atoms with Gasteiger partial charge < -0.3 is 9.88 Å². The number of nitrogens with one attached hydrogen (secondary N) is 1. The molecule has 0 aliphatic heterocycles. The molecular formula is C22H20F4N2O2. The average molecular weight is 420 g/mol. The van der Waals surface area contributed by atoms with E-state index in [4.69, 9.17) is 0 Å². The van der Waals surface area contributed by atoms with E-state index in [9.17, 15) is 27.2 Å². The number of hydrogen-bond acceptors (Lipinski definition) is 2. The molecule has 1 amide bonds. The van der Waals surface area contributed by atoms with Crippen molar-refractivity contribution in [3.05, 3.63) is 81.4 Å². The summed E-state index contributed by atoms with van der Waals surface area (Å²) in [5, 5.41) is 2.82. The molecule has 0 spiro atoms. The minimum atomic E-state index is -4.73. The number of fused-ring (bicyclic) bond motifs is 1. The smallest absolute Gasteiger partial charge is 0.352 e. The Morgan fingerprint density at radius 3 is 2.53 bits per heavy atom. The van der Waals surface area contributed by atoms with Gasteiger partial charge >= 0.3 is 6.18 Å². The first-order valence-corrected chi connectivity index (χ1v) is 9.30. The summed E-state index contributed by atoms with van der Waals surface area (Å²) in [7, 11) is 0. The van der Waals surface area contributed by atoms with Crippen LogP contribution in [0.1, 0.15) is 23.7 Å². The van der Waals surface area contributed by atoms with Crippen LogP contribution >= 0.6 is 0 Å². The number of aryl methyl sites for hydroxylation is 1. The van der Waals surface area contributed by atoms with Crippen molar-refractivity contribution in [1.29, 1.82) is 0 Å². The summed E-state index contributed by atoms with van der Waals surface area (Å²) in [6.07, 6.45) is -4.83. The Morgan fingerprint density at radius 2 is 1.87 bits per heavy atom. The lowest BCUT2D eigenvalue weighted by Crippen LogP contribution is -2.38. The van der Waals surface area contributed by atoms with Crippen LogP contribution in [-0.2, 0) is 23.9 Å².